The van der Waals surface area contributed by atoms with Gasteiger partial charge in [-0.05, 0) is 24.1 Å². The van der Waals surface area contributed by atoms with E-state index in [0.717, 1.165) is 11.3 Å². The number of carbonyl (C=O) groups is 1. The molecule has 1 rings (SSSR count). The maximum absolute atomic E-state index is 11.3. The van der Waals surface area contributed by atoms with Gasteiger partial charge in [-0.2, -0.15) is 0 Å². The summed E-state index contributed by atoms with van der Waals surface area (Å²) in [4.78, 5) is 11.3. The van der Waals surface area contributed by atoms with Crippen molar-refractivity contribution in [3.05, 3.63) is 29.8 Å². The van der Waals surface area contributed by atoms with Crippen LogP contribution in [0, 0.1) is 0 Å². The second-order valence-corrected chi connectivity index (χ2v) is 3.80. The van der Waals surface area contributed by atoms with Crippen LogP contribution in [0.15, 0.2) is 24.3 Å². The Kier molecular flexibility index (Phi) is 5.72. The fourth-order valence-electron chi connectivity index (χ4n) is 1.30. The number of rotatable bonds is 6. The number of nitrogens with one attached hydrogen (secondary N) is 1. The third kappa shape index (κ3) is 4.53. The molecule has 0 aromatic heterocycles. The van der Waals surface area contributed by atoms with Crippen LogP contribution in [0.3, 0.4) is 0 Å². The summed E-state index contributed by atoms with van der Waals surface area (Å²) in [5.41, 5.74) is 1.03. The Hall–Kier alpha value is -1.22. The van der Waals surface area contributed by atoms with Crippen molar-refractivity contribution in [1.82, 2.24) is 5.32 Å². The Morgan fingerprint density at radius 2 is 2.31 bits per heavy atom. The largest absolute Gasteiger partial charge is 0.497 e. The van der Waals surface area contributed by atoms with E-state index in [0.29, 0.717) is 25.3 Å². The molecule has 0 unspecified atom stereocenters. The summed E-state index contributed by atoms with van der Waals surface area (Å²) in [6.45, 7) is 0.526. The predicted molar refractivity (Wildman–Crippen MR) is 64.8 cm³/mol. The van der Waals surface area contributed by atoms with Gasteiger partial charge in [0.2, 0.25) is 5.91 Å². The molecule has 1 N–H and O–H groups in total. The first-order chi connectivity index (χ1) is 7.76. The van der Waals surface area contributed by atoms with E-state index in [1.165, 1.54) is 0 Å². The van der Waals surface area contributed by atoms with E-state index in [9.17, 15) is 4.79 Å². The fourth-order valence-corrected chi connectivity index (χ4v) is 1.43. The van der Waals surface area contributed by atoms with Crippen LogP contribution in [0.1, 0.15) is 18.4 Å². The molecule has 0 aliphatic carbocycles. The number of carbonyl (C=O) groups excluding carboxylic acids is 1. The van der Waals surface area contributed by atoms with Crippen LogP contribution in [0.4, 0.5) is 0 Å². The summed E-state index contributed by atoms with van der Waals surface area (Å²) < 4.78 is 5.10. The van der Waals surface area contributed by atoms with E-state index in [4.69, 9.17) is 16.3 Å². The van der Waals surface area contributed by atoms with Crippen LogP contribution in [0.25, 0.3) is 0 Å². The van der Waals surface area contributed by atoms with E-state index in [2.05, 4.69) is 5.32 Å². The van der Waals surface area contributed by atoms with Gasteiger partial charge in [0.1, 0.15) is 5.75 Å². The molecule has 0 spiro atoms. The normalized spacial score (nSPS) is 9.88. The van der Waals surface area contributed by atoms with Crippen molar-refractivity contribution in [2.45, 2.75) is 19.4 Å². The molecule has 0 aliphatic rings. The molecular weight excluding hydrogens is 226 g/mol. The molecule has 0 saturated heterocycles. The van der Waals surface area contributed by atoms with Gasteiger partial charge in [0.15, 0.2) is 0 Å². The lowest BCUT2D eigenvalue weighted by Crippen LogP contribution is -2.22. The van der Waals surface area contributed by atoms with Gasteiger partial charge in [-0.15, -0.1) is 11.6 Å². The highest BCUT2D eigenvalue weighted by Crippen LogP contribution is 2.12. The third-order valence-corrected chi connectivity index (χ3v) is 2.43. The van der Waals surface area contributed by atoms with E-state index in [-0.39, 0.29) is 5.91 Å². The van der Waals surface area contributed by atoms with Gasteiger partial charge in [-0.3, -0.25) is 4.79 Å². The van der Waals surface area contributed by atoms with Crippen LogP contribution in [-0.2, 0) is 11.3 Å². The second-order valence-electron chi connectivity index (χ2n) is 3.42. The highest BCUT2D eigenvalue weighted by Gasteiger charge is 2.01. The number of hydrogen-bond donors (Lipinski definition) is 1. The SMILES string of the molecule is COc1cccc(CNC(=O)CCCCl)c1. The summed E-state index contributed by atoms with van der Waals surface area (Å²) in [6.07, 6.45) is 1.19. The highest BCUT2D eigenvalue weighted by atomic mass is 35.5. The minimum absolute atomic E-state index is 0.0310. The molecule has 0 radical (unpaired) electrons. The molecule has 0 heterocycles. The molecule has 0 aliphatic heterocycles. The average Bonchev–Trinajstić information content (AvgIpc) is 2.34. The quantitative estimate of drug-likeness (QED) is 0.777. The van der Waals surface area contributed by atoms with Gasteiger partial charge in [-0.1, -0.05) is 12.1 Å². The molecule has 0 fully saturated rings. The molecule has 1 aromatic rings. The Morgan fingerprint density at radius 1 is 1.50 bits per heavy atom. The molecule has 3 nitrogen and oxygen atoms in total. The number of benzene rings is 1. The Balaban J connectivity index is 2.38. The number of hydrogen-bond acceptors (Lipinski definition) is 2. The molecule has 16 heavy (non-hydrogen) atoms. The number of alkyl halides is 1. The van der Waals surface area contributed by atoms with Gasteiger partial charge in [0, 0.05) is 18.8 Å². The smallest absolute Gasteiger partial charge is 0.220 e. The Morgan fingerprint density at radius 3 is 3.00 bits per heavy atom. The van der Waals surface area contributed by atoms with Crippen molar-refractivity contribution in [3.8, 4) is 5.75 Å². The van der Waals surface area contributed by atoms with Crippen LogP contribution in [0.5, 0.6) is 5.75 Å². The van der Waals surface area contributed by atoms with Crippen molar-refractivity contribution in [2.75, 3.05) is 13.0 Å². The first-order valence-corrected chi connectivity index (χ1v) is 5.75. The topological polar surface area (TPSA) is 38.3 Å². The van der Waals surface area contributed by atoms with Crippen LogP contribution >= 0.6 is 11.6 Å². The van der Waals surface area contributed by atoms with Crippen LogP contribution in [-0.4, -0.2) is 18.9 Å². The molecule has 88 valence electrons. The number of halogens is 1. The van der Waals surface area contributed by atoms with Crippen LogP contribution < -0.4 is 10.1 Å². The van der Waals surface area contributed by atoms with Crippen molar-refractivity contribution < 1.29 is 9.53 Å². The molecule has 4 heteroatoms. The summed E-state index contributed by atoms with van der Waals surface area (Å²) in [6, 6.07) is 7.63. The first kappa shape index (κ1) is 12.8. The second kappa shape index (κ2) is 7.12. The summed E-state index contributed by atoms with van der Waals surface area (Å²) in [7, 11) is 1.62. The van der Waals surface area contributed by atoms with E-state index in [1.807, 2.05) is 24.3 Å². The van der Waals surface area contributed by atoms with Gasteiger partial charge < -0.3 is 10.1 Å². The van der Waals surface area contributed by atoms with Crippen molar-refractivity contribution in [1.29, 1.82) is 0 Å². The molecule has 0 bridgehead atoms. The van der Waals surface area contributed by atoms with Crippen molar-refractivity contribution in [2.24, 2.45) is 0 Å². The standard InChI is InChI=1S/C12H16ClNO2/c1-16-11-5-2-4-10(8-11)9-14-12(15)6-3-7-13/h2,4-5,8H,3,6-7,9H2,1H3,(H,14,15). The zero-order chi connectivity index (χ0) is 11.8. The molecule has 0 atom stereocenters. The maximum Gasteiger partial charge on any atom is 0.220 e. The zero-order valence-corrected chi connectivity index (χ0v) is 10.1. The Bertz CT molecular complexity index is 342. The Labute approximate surface area is 101 Å². The third-order valence-electron chi connectivity index (χ3n) is 2.16. The first-order valence-electron chi connectivity index (χ1n) is 5.22. The van der Waals surface area contributed by atoms with Gasteiger partial charge in [-0.25, -0.2) is 0 Å². The molecule has 0 saturated carbocycles. The van der Waals surface area contributed by atoms with Crippen LogP contribution in [0.2, 0.25) is 0 Å². The molecular formula is C12H16ClNO2. The predicted octanol–water partition coefficient (Wildman–Crippen LogP) is 2.33. The van der Waals surface area contributed by atoms with E-state index in [1.54, 1.807) is 7.11 Å². The summed E-state index contributed by atoms with van der Waals surface area (Å²) in [5, 5.41) is 2.83. The van der Waals surface area contributed by atoms with Crippen molar-refractivity contribution >= 4 is 17.5 Å². The monoisotopic (exact) mass is 241 g/mol. The number of amides is 1. The van der Waals surface area contributed by atoms with Crippen molar-refractivity contribution in [3.63, 3.8) is 0 Å². The lowest BCUT2D eigenvalue weighted by molar-refractivity contribution is -0.121. The molecule has 1 aromatic carbocycles. The van der Waals surface area contributed by atoms with Gasteiger partial charge >= 0.3 is 0 Å². The summed E-state index contributed by atoms with van der Waals surface area (Å²) >= 11 is 5.51. The minimum atomic E-state index is 0.0310. The average molecular weight is 242 g/mol. The lowest BCUT2D eigenvalue weighted by Gasteiger charge is -2.06. The lowest BCUT2D eigenvalue weighted by atomic mass is 10.2. The number of ether oxygens (including phenoxy) is 1. The zero-order valence-electron chi connectivity index (χ0n) is 9.33. The van der Waals surface area contributed by atoms with E-state index < -0.39 is 0 Å². The number of methoxy groups -OCH3 is 1. The van der Waals surface area contributed by atoms with E-state index >= 15 is 0 Å². The van der Waals surface area contributed by atoms with Gasteiger partial charge in [0.05, 0.1) is 7.11 Å². The fraction of sp³-hybridized carbons (Fsp3) is 0.417. The molecule has 1 amide bonds. The minimum Gasteiger partial charge on any atom is -0.497 e. The maximum atomic E-state index is 11.3. The highest BCUT2D eigenvalue weighted by molar-refractivity contribution is 6.17. The summed E-state index contributed by atoms with van der Waals surface area (Å²) in [5.74, 6) is 1.35. The van der Waals surface area contributed by atoms with Gasteiger partial charge in [0.25, 0.3) is 0 Å².